The van der Waals surface area contributed by atoms with Gasteiger partial charge in [-0.05, 0) is 67.9 Å². The third-order valence-electron chi connectivity index (χ3n) is 4.99. The molecule has 2 unspecified atom stereocenters. The van der Waals surface area contributed by atoms with Crippen LogP contribution in [-0.2, 0) is 37.1 Å². The summed E-state index contributed by atoms with van der Waals surface area (Å²) in [5.41, 5.74) is 5.83. The zero-order chi connectivity index (χ0) is 17.2. The van der Waals surface area contributed by atoms with Crippen molar-refractivity contribution in [1.29, 1.82) is 0 Å². The maximum Gasteiger partial charge on any atom is 2.00 e. The smallest absolute Gasteiger partial charge is 1.00 e. The summed E-state index contributed by atoms with van der Waals surface area (Å²) < 4.78 is 6.63. The SMILES string of the molecule is CC(CCC(O[Si](C)(C)C)c1cccc2c1C=CC2)C1=CC=CC1.[Cl-].[Cl-].[Zr+2]. The van der Waals surface area contributed by atoms with Crippen LogP contribution in [0.1, 0.15) is 49.0 Å². The molecule has 0 saturated heterocycles. The van der Waals surface area contributed by atoms with E-state index in [1.165, 1.54) is 23.1 Å². The topological polar surface area (TPSA) is 9.23 Å². The van der Waals surface area contributed by atoms with Gasteiger partial charge >= 0.3 is 26.2 Å². The molecule has 0 fully saturated rings. The van der Waals surface area contributed by atoms with Crippen molar-refractivity contribution >= 4 is 14.4 Å². The number of hydrogen-bond donors (Lipinski definition) is 0. The molecule has 0 amide bonds. The Morgan fingerprint density at radius 2 is 1.78 bits per heavy atom. The summed E-state index contributed by atoms with van der Waals surface area (Å²) in [6.45, 7) is 9.25. The molecule has 1 aromatic carbocycles. The van der Waals surface area contributed by atoms with Gasteiger partial charge in [-0.1, -0.05) is 61.1 Å². The van der Waals surface area contributed by atoms with Gasteiger partial charge in [-0.3, -0.25) is 0 Å². The Hall–Kier alpha value is 0.0800. The van der Waals surface area contributed by atoms with Gasteiger partial charge in [-0.25, -0.2) is 0 Å². The van der Waals surface area contributed by atoms with Crippen LogP contribution in [0.25, 0.3) is 6.08 Å². The van der Waals surface area contributed by atoms with Crippen LogP contribution >= 0.6 is 0 Å². The molecule has 146 valence electrons. The van der Waals surface area contributed by atoms with Crippen molar-refractivity contribution in [3.05, 3.63) is 64.8 Å². The average molecular weight is 501 g/mol. The summed E-state index contributed by atoms with van der Waals surface area (Å²) in [5.74, 6) is 0.639. The molecule has 0 heterocycles. The quantitative estimate of drug-likeness (QED) is 0.495. The first kappa shape index (κ1) is 27.1. The van der Waals surface area contributed by atoms with Crippen molar-refractivity contribution in [2.45, 2.75) is 58.4 Å². The molecule has 27 heavy (non-hydrogen) atoms. The van der Waals surface area contributed by atoms with E-state index in [0.717, 1.165) is 19.3 Å². The minimum Gasteiger partial charge on any atom is -1.00 e. The Kier molecular flexibility index (Phi) is 12.0. The monoisotopic (exact) mass is 498 g/mol. The van der Waals surface area contributed by atoms with Crippen molar-refractivity contribution in [1.82, 2.24) is 0 Å². The third-order valence-corrected chi connectivity index (χ3v) is 5.98. The molecule has 2 aliphatic rings. The van der Waals surface area contributed by atoms with E-state index < -0.39 is 8.32 Å². The van der Waals surface area contributed by atoms with Gasteiger partial charge in [0.25, 0.3) is 0 Å². The maximum absolute atomic E-state index is 6.63. The molecular formula is C22H30Cl2OSiZr. The van der Waals surface area contributed by atoms with Crippen molar-refractivity contribution in [3.8, 4) is 0 Å². The molecule has 2 atom stereocenters. The van der Waals surface area contributed by atoms with E-state index in [9.17, 15) is 0 Å². The fraction of sp³-hybridized carbons (Fsp3) is 0.455. The van der Waals surface area contributed by atoms with Gasteiger partial charge in [0.05, 0.1) is 6.10 Å². The standard InChI is InChI=1S/C22H30OSi.2ClH.Zr/c1-17(18-9-5-6-10-18)15-16-22(23-24(2,3)4)21-14-8-12-19-11-7-13-20(19)21;;;/h5-9,12-14,17,22H,10-11,15-16H2,1-4H3;2*1H;/q;;;+2/p-2. The van der Waals surface area contributed by atoms with Gasteiger partial charge in [0.15, 0.2) is 8.32 Å². The summed E-state index contributed by atoms with van der Waals surface area (Å²) in [4.78, 5) is 0. The fourth-order valence-electron chi connectivity index (χ4n) is 3.72. The zero-order valence-corrected chi connectivity index (χ0v) is 21.7. The predicted molar refractivity (Wildman–Crippen MR) is 107 cm³/mol. The van der Waals surface area contributed by atoms with Gasteiger partial charge in [0.1, 0.15) is 0 Å². The van der Waals surface area contributed by atoms with Crippen LogP contribution in [0.3, 0.4) is 0 Å². The van der Waals surface area contributed by atoms with Crippen LogP contribution in [-0.4, -0.2) is 8.32 Å². The van der Waals surface area contributed by atoms with Gasteiger partial charge < -0.3 is 29.2 Å². The molecule has 0 aromatic heterocycles. The second-order valence-electron chi connectivity index (χ2n) is 8.10. The van der Waals surface area contributed by atoms with Crippen molar-refractivity contribution < 1.29 is 55.4 Å². The second kappa shape index (κ2) is 11.9. The molecule has 2 aliphatic carbocycles. The van der Waals surface area contributed by atoms with Crippen LogP contribution < -0.4 is 24.8 Å². The van der Waals surface area contributed by atoms with E-state index in [1.807, 2.05) is 0 Å². The molecule has 0 saturated carbocycles. The minimum absolute atomic E-state index is 0. The Bertz CT molecular complexity index is 692. The van der Waals surface area contributed by atoms with Gasteiger partial charge in [-0.15, -0.1) is 0 Å². The molecule has 0 bridgehead atoms. The Morgan fingerprint density at radius 1 is 1.04 bits per heavy atom. The normalized spacial score (nSPS) is 16.5. The summed E-state index contributed by atoms with van der Waals surface area (Å²) in [6.07, 6.45) is 16.0. The molecule has 5 heteroatoms. The molecule has 0 N–H and O–H groups in total. The van der Waals surface area contributed by atoms with Crippen LogP contribution in [0, 0.1) is 5.92 Å². The molecule has 0 radical (unpaired) electrons. The van der Waals surface area contributed by atoms with Crippen LogP contribution in [0.5, 0.6) is 0 Å². The largest absolute Gasteiger partial charge is 2.00 e. The van der Waals surface area contributed by atoms with Crippen molar-refractivity contribution in [2.24, 2.45) is 5.92 Å². The van der Waals surface area contributed by atoms with E-state index in [-0.39, 0.29) is 57.1 Å². The van der Waals surface area contributed by atoms with E-state index in [4.69, 9.17) is 4.43 Å². The van der Waals surface area contributed by atoms with E-state index in [1.54, 1.807) is 5.57 Å². The minimum atomic E-state index is -1.59. The van der Waals surface area contributed by atoms with Crippen LogP contribution in [0.15, 0.2) is 48.1 Å². The number of rotatable bonds is 7. The Balaban J connectivity index is 0.00000225. The first-order valence-corrected chi connectivity index (χ1v) is 12.7. The summed E-state index contributed by atoms with van der Waals surface area (Å²) in [6, 6.07) is 6.73. The maximum atomic E-state index is 6.63. The predicted octanol–water partition coefficient (Wildman–Crippen LogP) is 0.457. The zero-order valence-electron chi connectivity index (χ0n) is 16.8. The molecule has 3 rings (SSSR count). The van der Waals surface area contributed by atoms with Crippen molar-refractivity contribution in [2.75, 3.05) is 0 Å². The number of allylic oxidation sites excluding steroid dienone is 5. The first-order valence-electron chi connectivity index (χ1n) is 9.26. The van der Waals surface area contributed by atoms with Crippen molar-refractivity contribution in [3.63, 3.8) is 0 Å². The molecule has 0 spiro atoms. The number of fused-ring (bicyclic) bond motifs is 1. The number of hydrogen-bond acceptors (Lipinski definition) is 1. The van der Waals surface area contributed by atoms with E-state index >= 15 is 0 Å². The van der Waals surface area contributed by atoms with Gasteiger partial charge in [-0.2, -0.15) is 0 Å². The second-order valence-corrected chi connectivity index (χ2v) is 12.6. The van der Waals surface area contributed by atoms with Crippen LogP contribution in [0.2, 0.25) is 19.6 Å². The van der Waals surface area contributed by atoms with Gasteiger partial charge in [0.2, 0.25) is 0 Å². The van der Waals surface area contributed by atoms with Crippen LogP contribution in [0.4, 0.5) is 0 Å². The number of halogens is 2. The summed E-state index contributed by atoms with van der Waals surface area (Å²) in [7, 11) is -1.59. The van der Waals surface area contributed by atoms with Gasteiger partial charge in [0, 0.05) is 0 Å². The summed E-state index contributed by atoms with van der Waals surface area (Å²) >= 11 is 0. The third kappa shape index (κ3) is 7.44. The first-order chi connectivity index (χ1) is 11.4. The number of benzene rings is 1. The Labute approximate surface area is 197 Å². The molecule has 0 aliphatic heterocycles. The average Bonchev–Trinajstić information content (AvgIpc) is 3.20. The van der Waals surface area contributed by atoms with E-state index in [0.29, 0.717) is 5.92 Å². The summed E-state index contributed by atoms with van der Waals surface area (Å²) in [5, 5.41) is 0. The molecule has 1 nitrogen and oxygen atoms in total. The Morgan fingerprint density at radius 3 is 2.41 bits per heavy atom. The molecular weight excluding hydrogens is 470 g/mol. The fourth-order valence-corrected chi connectivity index (χ4v) is 4.82. The van der Waals surface area contributed by atoms with E-state index in [2.05, 4.69) is 75.1 Å². The molecule has 1 aromatic rings.